The lowest BCUT2D eigenvalue weighted by Gasteiger charge is -2.21. The van der Waals surface area contributed by atoms with Gasteiger partial charge in [-0.25, -0.2) is 0 Å². The zero-order valence-electron chi connectivity index (χ0n) is 8.22. The summed E-state index contributed by atoms with van der Waals surface area (Å²) in [5, 5.41) is 0. The highest BCUT2D eigenvalue weighted by Gasteiger charge is 2.27. The van der Waals surface area contributed by atoms with Crippen LogP contribution in [0.5, 0.6) is 0 Å². The van der Waals surface area contributed by atoms with Crippen LogP contribution in [0.25, 0.3) is 0 Å². The average Bonchev–Trinajstić information content (AvgIpc) is 2.32. The first-order chi connectivity index (χ1) is 5.49. The van der Waals surface area contributed by atoms with E-state index in [0.29, 0.717) is 0 Å². The number of ether oxygens (including phenoxy) is 1. The molecule has 0 N–H and O–H groups in total. The van der Waals surface area contributed by atoms with Gasteiger partial charge >= 0.3 is 5.97 Å². The van der Waals surface area contributed by atoms with E-state index in [-0.39, 0.29) is 17.5 Å². The standard InChI is InChI=1S/C10H18O2/c1-10(2,3)12-9(11)8-6-4-5-7-8/h8H,4-7H2,1-3H3. The molecule has 2 heteroatoms. The molecule has 0 unspecified atom stereocenters. The van der Waals surface area contributed by atoms with Gasteiger partial charge in [0, 0.05) is 0 Å². The molecule has 1 rings (SSSR count). The number of esters is 1. The van der Waals surface area contributed by atoms with Crippen molar-refractivity contribution in [2.75, 3.05) is 0 Å². The summed E-state index contributed by atoms with van der Waals surface area (Å²) >= 11 is 0. The Morgan fingerprint density at radius 1 is 1.25 bits per heavy atom. The van der Waals surface area contributed by atoms with Crippen molar-refractivity contribution in [1.29, 1.82) is 0 Å². The van der Waals surface area contributed by atoms with Crippen LogP contribution in [0, 0.1) is 5.92 Å². The largest absolute Gasteiger partial charge is 0.460 e. The van der Waals surface area contributed by atoms with Crippen molar-refractivity contribution in [3.05, 3.63) is 0 Å². The lowest BCUT2D eigenvalue weighted by molar-refractivity contribution is -0.159. The van der Waals surface area contributed by atoms with Crippen LogP contribution in [0.3, 0.4) is 0 Å². The Morgan fingerprint density at radius 3 is 2.17 bits per heavy atom. The third kappa shape index (κ3) is 2.84. The van der Waals surface area contributed by atoms with Crippen LogP contribution in [-0.2, 0) is 9.53 Å². The Labute approximate surface area is 74.3 Å². The van der Waals surface area contributed by atoms with E-state index in [1.54, 1.807) is 0 Å². The topological polar surface area (TPSA) is 26.3 Å². The van der Waals surface area contributed by atoms with Crippen LogP contribution in [-0.4, -0.2) is 11.6 Å². The van der Waals surface area contributed by atoms with Crippen molar-refractivity contribution < 1.29 is 9.53 Å². The molecule has 2 nitrogen and oxygen atoms in total. The van der Waals surface area contributed by atoms with Crippen LogP contribution in [0.2, 0.25) is 0 Å². The van der Waals surface area contributed by atoms with Crippen LogP contribution in [0.1, 0.15) is 46.5 Å². The minimum Gasteiger partial charge on any atom is -0.460 e. The van der Waals surface area contributed by atoms with Gasteiger partial charge < -0.3 is 4.74 Å². The summed E-state index contributed by atoms with van der Waals surface area (Å²) in [6.45, 7) is 5.75. The second-order valence-electron chi connectivity index (χ2n) is 4.51. The number of carbonyl (C=O) groups is 1. The molecule has 0 aromatic rings. The van der Waals surface area contributed by atoms with Gasteiger partial charge in [0.05, 0.1) is 5.92 Å². The van der Waals surface area contributed by atoms with Gasteiger partial charge in [0.15, 0.2) is 0 Å². The Kier molecular flexibility index (Phi) is 2.76. The molecule has 0 aromatic heterocycles. The van der Waals surface area contributed by atoms with Gasteiger partial charge in [0.1, 0.15) is 5.60 Å². The fourth-order valence-corrected chi connectivity index (χ4v) is 1.55. The molecule has 0 heterocycles. The minimum absolute atomic E-state index is 0.000000000000000666. The van der Waals surface area contributed by atoms with Gasteiger partial charge in [0.25, 0.3) is 0 Å². The monoisotopic (exact) mass is 170 g/mol. The maximum Gasteiger partial charge on any atom is 0.309 e. The van der Waals surface area contributed by atoms with E-state index in [2.05, 4.69) is 0 Å². The number of hydrogen-bond acceptors (Lipinski definition) is 2. The fraction of sp³-hybridized carbons (Fsp3) is 0.900. The van der Waals surface area contributed by atoms with E-state index in [4.69, 9.17) is 4.74 Å². The van der Waals surface area contributed by atoms with Crippen LogP contribution in [0.15, 0.2) is 0 Å². The van der Waals surface area contributed by atoms with Gasteiger partial charge in [-0.15, -0.1) is 0 Å². The average molecular weight is 170 g/mol. The van der Waals surface area contributed by atoms with E-state index in [9.17, 15) is 4.79 Å². The zero-order valence-corrected chi connectivity index (χ0v) is 8.22. The molecule has 0 bridgehead atoms. The summed E-state index contributed by atoms with van der Waals surface area (Å²) in [6, 6.07) is 0. The summed E-state index contributed by atoms with van der Waals surface area (Å²) in [5.74, 6) is 0.184. The molecule has 0 spiro atoms. The Balaban J connectivity index is 2.37. The highest BCUT2D eigenvalue weighted by atomic mass is 16.6. The fourth-order valence-electron chi connectivity index (χ4n) is 1.55. The molecular formula is C10H18O2. The lowest BCUT2D eigenvalue weighted by Crippen LogP contribution is -2.27. The molecule has 70 valence electrons. The first-order valence-corrected chi connectivity index (χ1v) is 4.72. The third-order valence-corrected chi connectivity index (χ3v) is 2.10. The van der Waals surface area contributed by atoms with Gasteiger partial charge in [-0.1, -0.05) is 12.8 Å². The first kappa shape index (κ1) is 9.56. The highest BCUT2D eigenvalue weighted by Crippen LogP contribution is 2.27. The van der Waals surface area contributed by atoms with E-state index in [0.717, 1.165) is 12.8 Å². The highest BCUT2D eigenvalue weighted by molar-refractivity contribution is 5.73. The van der Waals surface area contributed by atoms with Gasteiger partial charge in [-0.05, 0) is 33.6 Å². The zero-order chi connectivity index (χ0) is 9.19. The molecule has 0 aliphatic heterocycles. The lowest BCUT2D eigenvalue weighted by atomic mass is 10.1. The first-order valence-electron chi connectivity index (χ1n) is 4.72. The molecule has 1 fully saturated rings. The van der Waals surface area contributed by atoms with E-state index >= 15 is 0 Å². The number of hydrogen-bond donors (Lipinski definition) is 0. The molecule has 12 heavy (non-hydrogen) atoms. The van der Waals surface area contributed by atoms with E-state index < -0.39 is 0 Å². The van der Waals surface area contributed by atoms with Crippen LogP contribution < -0.4 is 0 Å². The van der Waals surface area contributed by atoms with Crippen LogP contribution in [0.4, 0.5) is 0 Å². The normalized spacial score (nSPS) is 19.6. The summed E-state index contributed by atoms with van der Waals surface area (Å²) < 4.78 is 5.28. The van der Waals surface area contributed by atoms with Crippen molar-refractivity contribution in [2.45, 2.75) is 52.1 Å². The van der Waals surface area contributed by atoms with Crippen molar-refractivity contribution in [2.24, 2.45) is 5.92 Å². The molecule has 0 aromatic carbocycles. The number of rotatable bonds is 1. The van der Waals surface area contributed by atoms with E-state index in [1.807, 2.05) is 20.8 Å². The molecular weight excluding hydrogens is 152 g/mol. The molecule has 1 aliphatic carbocycles. The minimum atomic E-state index is -0.320. The quantitative estimate of drug-likeness (QED) is 0.565. The summed E-state index contributed by atoms with van der Waals surface area (Å²) in [7, 11) is 0. The Hall–Kier alpha value is -0.530. The van der Waals surface area contributed by atoms with Crippen molar-refractivity contribution in [3.8, 4) is 0 Å². The smallest absolute Gasteiger partial charge is 0.309 e. The summed E-state index contributed by atoms with van der Waals surface area (Å²) in [5.41, 5.74) is -0.320. The van der Waals surface area contributed by atoms with Gasteiger partial charge in [-0.3, -0.25) is 4.79 Å². The maximum absolute atomic E-state index is 11.4. The Bertz CT molecular complexity index is 161. The summed E-state index contributed by atoms with van der Waals surface area (Å²) in [4.78, 5) is 11.4. The molecule has 0 atom stereocenters. The second kappa shape index (κ2) is 3.46. The predicted molar refractivity (Wildman–Crippen MR) is 47.8 cm³/mol. The molecule has 0 saturated heterocycles. The predicted octanol–water partition coefficient (Wildman–Crippen LogP) is 2.52. The maximum atomic E-state index is 11.4. The SMILES string of the molecule is CC(C)(C)OC(=O)C1CCCC1. The molecule has 0 radical (unpaired) electrons. The van der Waals surface area contributed by atoms with Crippen LogP contribution >= 0.6 is 0 Å². The third-order valence-electron chi connectivity index (χ3n) is 2.10. The summed E-state index contributed by atoms with van der Waals surface area (Å²) in [6.07, 6.45) is 4.41. The van der Waals surface area contributed by atoms with Gasteiger partial charge in [-0.2, -0.15) is 0 Å². The Morgan fingerprint density at radius 2 is 1.75 bits per heavy atom. The molecule has 1 saturated carbocycles. The van der Waals surface area contributed by atoms with Crippen molar-refractivity contribution >= 4 is 5.97 Å². The van der Waals surface area contributed by atoms with Crippen molar-refractivity contribution in [1.82, 2.24) is 0 Å². The van der Waals surface area contributed by atoms with Gasteiger partial charge in [0.2, 0.25) is 0 Å². The number of carbonyl (C=O) groups excluding carboxylic acids is 1. The molecule has 1 aliphatic rings. The molecule has 0 amide bonds. The second-order valence-corrected chi connectivity index (χ2v) is 4.51. The van der Waals surface area contributed by atoms with E-state index in [1.165, 1.54) is 12.8 Å². The van der Waals surface area contributed by atoms with Crippen molar-refractivity contribution in [3.63, 3.8) is 0 Å².